The van der Waals surface area contributed by atoms with Gasteiger partial charge in [0.05, 0.1) is 21.7 Å². The van der Waals surface area contributed by atoms with E-state index in [2.05, 4.69) is 4.98 Å². The van der Waals surface area contributed by atoms with Crippen LogP contribution in [0.4, 0.5) is 5.69 Å². The molecule has 1 fully saturated rings. The van der Waals surface area contributed by atoms with Gasteiger partial charge in [-0.3, -0.25) is 19.2 Å². The summed E-state index contributed by atoms with van der Waals surface area (Å²) >= 11 is 6.99. The Morgan fingerprint density at radius 2 is 1.97 bits per heavy atom. The molecule has 1 atom stereocenters. The van der Waals surface area contributed by atoms with Crippen molar-refractivity contribution in [3.8, 4) is 0 Å². The number of esters is 1. The van der Waals surface area contributed by atoms with E-state index in [1.807, 2.05) is 12.1 Å². The van der Waals surface area contributed by atoms with Crippen molar-refractivity contribution in [3.63, 3.8) is 0 Å². The van der Waals surface area contributed by atoms with Gasteiger partial charge < -0.3 is 9.72 Å². The highest BCUT2D eigenvalue weighted by molar-refractivity contribution is 8.01. The van der Waals surface area contributed by atoms with E-state index in [4.69, 9.17) is 16.3 Å². The van der Waals surface area contributed by atoms with Crippen LogP contribution in [0.2, 0.25) is 5.02 Å². The molecule has 2 aromatic carbocycles. The van der Waals surface area contributed by atoms with E-state index < -0.39 is 23.6 Å². The average molecular weight is 457 g/mol. The third-order valence-electron chi connectivity index (χ3n) is 4.84. The molecule has 1 unspecified atom stereocenters. The van der Waals surface area contributed by atoms with Crippen LogP contribution in [0, 0.1) is 0 Å². The number of amides is 2. The minimum atomic E-state index is -0.682. The molecule has 1 aromatic heterocycles. The van der Waals surface area contributed by atoms with Crippen LogP contribution in [0.15, 0.2) is 54.7 Å². The molecule has 31 heavy (non-hydrogen) atoms. The van der Waals surface area contributed by atoms with Crippen LogP contribution in [0.1, 0.15) is 16.8 Å². The molecule has 0 aliphatic carbocycles. The summed E-state index contributed by atoms with van der Waals surface area (Å²) in [6, 6.07) is 13.7. The van der Waals surface area contributed by atoms with Crippen molar-refractivity contribution in [2.24, 2.45) is 0 Å². The lowest BCUT2D eigenvalue weighted by atomic mass is 10.1. The fourth-order valence-corrected chi connectivity index (χ4v) is 4.47. The molecular weight excluding hydrogens is 440 g/mol. The van der Waals surface area contributed by atoms with Crippen LogP contribution >= 0.6 is 23.4 Å². The number of carbonyl (C=O) groups excluding carboxylic acids is 4. The van der Waals surface area contributed by atoms with Crippen molar-refractivity contribution in [3.05, 3.63) is 65.3 Å². The third kappa shape index (κ3) is 4.50. The van der Waals surface area contributed by atoms with Crippen LogP contribution < -0.4 is 4.90 Å². The molecule has 7 nitrogen and oxygen atoms in total. The molecule has 1 saturated heterocycles. The first-order valence-electron chi connectivity index (χ1n) is 9.43. The summed E-state index contributed by atoms with van der Waals surface area (Å²) in [7, 11) is 0. The number of anilines is 1. The highest BCUT2D eigenvalue weighted by Crippen LogP contribution is 2.31. The van der Waals surface area contributed by atoms with E-state index in [1.54, 1.807) is 42.6 Å². The first kappa shape index (κ1) is 21.1. The number of hydrogen-bond acceptors (Lipinski definition) is 6. The quantitative estimate of drug-likeness (QED) is 0.331. The maximum absolute atomic E-state index is 12.7. The Bertz CT molecular complexity index is 1190. The van der Waals surface area contributed by atoms with Gasteiger partial charge in [-0.1, -0.05) is 29.8 Å². The Hall–Kier alpha value is -3.10. The Labute approximate surface area is 186 Å². The molecule has 1 aliphatic heterocycles. The number of ether oxygens (including phenoxy) is 1. The summed E-state index contributed by atoms with van der Waals surface area (Å²) in [6.45, 7) is -0.442. The highest BCUT2D eigenvalue weighted by Gasteiger charge is 2.40. The van der Waals surface area contributed by atoms with Crippen molar-refractivity contribution in [2.75, 3.05) is 17.3 Å². The number of aromatic nitrogens is 1. The van der Waals surface area contributed by atoms with Crippen LogP contribution in [0.3, 0.4) is 0 Å². The zero-order valence-electron chi connectivity index (χ0n) is 16.2. The molecule has 9 heteroatoms. The SMILES string of the molecule is O=C(CSC1CC(=O)N(c2ccc3cc[nH]c3c2)C1=O)OCC(=O)c1ccccc1Cl. The van der Waals surface area contributed by atoms with Crippen LogP contribution in [0.25, 0.3) is 10.9 Å². The van der Waals surface area contributed by atoms with Gasteiger partial charge >= 0.3 is 5.97 Å². The summed E-state index contributed by atoms with van der Waals surface area (Å²) in [5, 5.41) is 0.576. The number of H-pyrrole nitrogens is 1. The maximum Gasteiger partial charge on any atom is 0.316 e. The summed E-state index contributed by atoms with van der Waals surface area (Å²) in [4.78, 5) is 53.5. The average Bonchev–Trinajstić information content (AvgIpc) is 3.33. The van der Waals surface area contributed by atoms with Crippen LogP contribution in [-0.2, 0) is 19.1 Å². The van der Waals surface area contributed by atoms with E-state index in [0.29, 0.717) is 5.69 Å². The molecule has 4 rings (SSSR count). The minimum absolute atomic E-state index is 0.00189. The van der Waals surface area contributed by atoms with Gasteiger partial charge in [-0.25, -0.2) is 4.90 Å². The zero-order valence-corrected chi connectivity index (χ0v) is 17.7. The topological polar surface area (TPSA) is 96.5 Å². The van der Waals surface area contributed by atoms with Crippen molar-refractivity contribution in [2.45, 2.75) is 11.7 Å². The number of benzene rings is 2. The van der Waals surface area contributed by atoms with Crippen molar-refractivity contribution < 1.29 is 23.9 Å². The highest BCUT2D eigenvalue weighted by atomic mass is 35.5. The van der Waals surface area contributed by atoms with E-state index in [-0.39, 0.29) is 34.6 Å². The fourth-order valence-electron chi connectivity index (χ4n) is 3.30. The summed E-state index contributed by atoms with van der Waals surface area (Å²) in [5.41, 5.74) is 1.58. The molecule has 0 bridgehead atoms. The van der Waals surface area contributed by atoms with Gasteiger partial charge in [0, 0.05) is 23.7 Å². The Morgan fingerprint density at radius 1 is 1.16 bits per heavy atom. The number of nitrogens with zero attached hydrogens (tertiary/aromatic N) is 1. The van der Waals surface area contributed by atoms with E-state index in [9.17, 15) is 19.2 Å². The maximum atomic E-state index is 12.7. The van der Waals surface area contributed by atoms with Gasteiger partial charge in [0.25, 0.3) is 0 Å². The number of nitrogens with one attached hydrogen (secondary N) is 1. The predicted molar refractivity (Wildman–Crippen MR) is 118 cm³/mol. The van der Waals surface area contributed by atoms with Gasteiger partial charge in [0.15, 0.2) is 6.61 Å². The monoisotopic (exact) mass is 456 g/mol. The number of halogens is 1. The number of thioether (sulfide) groups is 1. The lowest BCUT2D eigenvalue weighted by Gasteiger charge is -2.15. The van der Waals surface area contributed by atoms with Crippen molar-refractivity contribution >= 4 is 63.5 Å². The molecule has 2 amide bonds. The number of ketones is 1. The lowest BCUT2D eigenvalue weighted by Crippen LogP contribution is -2.31. The normalized spacial score (nSPS) is 16.2. The number of rotatable bonds is 7. The van der Waals surface area contributed by atoms with Gasteiger partial charge in [0.2, 0.25) is 17.6 Å². The second-order valence-corrected chi connectivity index (χ2v) is 8.48. The fraction of sp³-hybridized carbons (Fsp3) is 0.182. The number of carbonyl (C=O) groups is 4. The zero-order chi connectivity index (χ0) is 22.0. The number of aromatic amines is 1. The largest absolute Gasteiger partial charge is 0.457 e. The molecule has 3 aromatic rings. The van der Waals surface area contributed by atoms with Gasteiger partial charge in [-0.2, -0.15) is 0 Å². The lowest BCUT2D eigenvalue weighted by molar-refractivity contribution is -0.139. The van der Waals surface area contributed by atoms with E-state index >= 15 is 0 Å². The standard InChI is InChI=1S/C22H17ClN2O5S/c23-16-4-2-1-3-15(16)18(26)11-30-21(28)12-31-19-10-20(27)25(22(19)29)14-6-5-13-7-8-24-17(13)9-14/h1-9,19,24H,10-12H2. The number of Topliss-reactive ketones (excluding diaryl/α,β-unsaturated/α-hetero) is 1. The third-order valence-corrected chi connectivity index (χ3v) is 6.35. The van der Waals surface area contributed by atoms with Crippen molar-refractivity contribution in [1.82, 2.24) is 4.98 Å². The molecule has 1 aliphatic rings. The Morgan fingerprint density at radius 3 is 2.77 bits per heavy atom. The molecular formula is C22H17ClN2O5S. The Kier molecular flexibility index (Phi) is 6.11. The summed E-state index contributed by atoms with van der Waals surface area (Å²) in [5.74, 6) is -1.90. The molecule has 158 valence electrons. The van der Waals surface area contributed by atoms with Gasteiger partial charge in [0.1, 0.15) is 0 Å². The van der Waals surface area contributed by atoms with Crippen LogP contribution in [0.5, 0.6) is 0 Å². The first-order valence-corrected chi connectivity index (χ1v) is 10.9. The molecule has 2 heterocycles. The summed E-state index contributed by atoms with van der Waals surface area (Å²) < 4.78 is 5.00. The first-order chi connectivity index (χ1) is 14.9. The molecule has 0 saturated carbocycles. The Balaban J connectivity index is 1.32. The van der Waals surface area contributed by atoms with Crippen LogP contribution in [-0.4, -0.2) is 46.2 Å². The molecule has 0 radical (unpaired) electrons. The second-order valence-electron chi connectivity index (χ2n) is 6.88. The van der Waals surface area contributed by atoms with Crippen molar-refractivity contribution in [1.29, 1.82) is 0 Å². The second kappa shape index (κ2) is 8.95. The van der Waals surface area contributed by atoms with Gasteiger partial charge in [-0.05, 0) is 35.7 Å². The molecule has 1 N–H and O–H groups in total. The minimum Gasteiger partial charge on any atom is -0.457 e. The predicted octanol–water partition coefficient (Wildman–Crippen LogP) is 3.61. The smallest absolute Gasteiger partial charge is 0.316 e. The number of hydrogen-bond donors (Lipinski definition) is 1. The number of imide groups is 1. The van der Waals surface area contributed by atoms with E-state index in [1.165, 1.54) is 0 Å². The van der Waals surface area contributed by atoms with E-state index in [0.717, 1.165) is 27.6 Å². The molecule has 0 spiro atoms. The van der Waals surface area contributed by atoms with Gasteiger partial charge in [-0.15, -0.1) is 11.8 Å². The summed E-state index contributed by atoms with van der Waals surface area (Å²) in [6.07, 6.45) is 1.78. The number of fused-ring (bicyclic) bond motifs is 1.